The molecule has 2 rings (SSSR count). The summed E-state index contributed by atoms with van der Waals surface area (Å²) in [7, 11) is 0. The SMILES string of the molecule is Cc1cc(Br)cnc1Oc1c(I)cc(C#N)cc1[N+](=O)[O-]. The molecule has 1 heterocycles. The van der Waals surface area contributed by atoms with Crippen LogP contribution in [0.4, 0.5) is 5.69 Å². The van der Waals surface area contributed by atoms with Crippen molar-refractivity contribution in [3.8, 4) is 17.7 Å². The monoisotopic (exact) mass is 459 g/mol. The summed E-state index contributed by atoms with van der Waals surface area (Å²) in [5.41, 5.74) is 0.681. The largest absolute Gasteiger partial charge is 0.430 e. The quantitative estimate of drug-likeness (QED) is 0.387. The Balaban J connectivity index is 2.53. The second-order valence-electron chi connectivity index (χ2n) is 4.05. The topological polar surface area (TPSA) is 89.0 Å². The van der Waals surface area contributed by atoms with Crippen LogP contribution in [0.1, 0.15) is 11.1 Å². The fraction of sp³-hybridized carbons (Fsp3) is 0.0769. The third-order valence-electron chi connectivity index (χ3n) is 2.55. The molecule has 1 aromatic heterocycles. The Kier molecular flexibility index (Phi) is 4.74. The zero-order chi connectivity index (χ0) is 15.6. The number of nitro groups is 1. The minimum atomic E-state index is -0.577. The molecular weight excluding hydrogens is 453 g/mol. The number of hydrogen-bond donors (Lipinski definition) is 0. The van der Waals surface area contributed by atoms with Crippen molar-refractivity contribution in [1.82, 2.24) is 4.98 Å². The summed E-state index contributed by atoms with van der Waals surface area (Å²) in [6, 6.07) is 6.39. The van der Waals surface area contributed by atoms with Crippen molar-refractivity contribution in [1.29, 1.82) is 5.26 Å². The van der Waals surface area contributed by atoms with Crippen molar-refractivity contribution in [2.75, 3.05) is 0 Å². The second-order valence-corrected chi connectivity index (χ2v) is 6.13. The van der Waals surface area contributed by atoms with E-state index in [1.807, 2.05) is 28.7 Å². The van der Waals surface area contributed by atoms with Crippen molar-refractivity contribution >= 4 is 44.2 Å². The summed E-state index contributed by atoms with van der Waals surface area (Å²) >= 11 is 5.18. The van der Waals surface area contributed by atoms with Crippen LogP contribution in [0.25, 0.3) is 0 Å². The standard InChI is InChI=1S/C13H7BrIN3O3/c1-7-2-9(14)6-17-13(7)21-12-10(15)3-8(5-16)4-11(12)18(19)20/h2-4,6H,1H3. The van der Waals surface area contributed by atoms with Crippen LogP contribution < -0.4 is 4.74 Å². The van der Waals surface area contributed by atoms with Gasteiger partial charge >= 0.3 is 5.69 Å². The highest BCUT2D eigenvalue weighted by Crippen LogP contribution is 2.37. The number of benzene rings is 1. The van der Waals surface area contributed by atoms with E-state index in [0.717, 1.165) is 10.0 Å². The molecule has 0 aliphatic carbocycles. The van der Waals surface area contributed by atoms with Gasteiger partial charge in [0.05, 0.1) is 20.1 Å². The molecule has 8 heteroatoms. The van der Waals surface area contributed by atoms with Crippen LogP contribution in [0, 0.1) is 31.9 Å². The van der Waals surface area contributed by atoms with Gasteiger partial charge in [0.1, 0.15) is 0 Å². The molecule has 0 bridgehead atoms. The predicted octanol–water partition coefficient (Wildman–Crippen LogP) is 4.33. The number of aryl methyl sites for hydroxylation is 1. The molecule has 0 aliphatic rings. The van der Waals surface area contributed by atoms with Gasteiger partial charge in [-0.05, 0) is 57.6 Å². The van der Waals surface area contributed by atoms with E-state index in [0.29, 0.717) is 3.57 Å². The molecule has 0 unspecified atom stereocenters. The normalized spacial score (nSPS) is 10.0. The molecule has 0 spiro atoms. The maximum Gasteiger partial charge on any atom is 0.314 e. The molecule has 21 heavy (non-hydrogen) atoms. The lowest BCUT2D eigenvalue weighted by Crippen LogP contribution is -1.99. The highest BCUT2D eigenvalue weighted by atomic mass is 127. The summed E-state index contributed by atoms with van der Waals surface area (Å²) in [5.74, 6) is 0.362. The summed E-state index contributed by atoms with van der Waals surface area (Å²) in [6.07, 6.45) is 1.55. The molecule has 6 nitrogen and oxygen atoms in total. The molecule has 0 atom stereocenters. The first-order valence-electron chi connectivity index (χ1n) is 5.60. The van der Waals surface area contributed by atoms with Crippen LogP contribution in [-0.2, 0) is 0 Å². The molecule has 1 aromatic carbocycles. The van der Waals surface area contributed by atoms with Gasteiger partial charge in [0.2, 0.25) is 11.6 Å². The maximum absolute atomic E-state index is 11.2. The summed E-state index contributed by atoms with van der Waals surface area (Å²) in [6.45, 7) is 1.79. The molecule has 106 valence electrons. The van der Waals surface area contributed by atoms with E-state index in [1.54, 1.807) is 19.2 Å². The van der Waals surface area contributed by atoms with Gasteiger partial charge in [-0.2, -0.15) is 5.26 Å². The van der Waals surface area contributed by atoms with Crippen LogP contribution in [-0.4, -0.2) is 9.91 Å². The Bertz CT molecular complexity index is 774. The lowest BCUT2D eigenvalue weighted by molar-refractivity contribution is -0.385. The van der Waals surface area contributed by atoms with Gasteiger partial charge in [-0.25, -0.2) is 4.98 Å². The third-order valence-corrected chi connectivity index (χ3v) is 3.78. The number of ether oxygens (including phenoxy) is 1. The highest BCUT2D eigenvalue weighted by molar-refractivity contribution is 14.1. The first kappa shape index (κ1) is 15.7. The highest BCUT2D eigenvalue weighted by Gasteiger charge is 2.22. The van der Waals surface area contributed by atoms with Crippen LogP contribution >= 0.6 is 38.5 Å². The fourth-order valence-corrected chi connectivity index (χ4v) is 2.78. The minimum absolute atomic E-state index is 0.0810. The average Bonchev–Trinajstić information content (AvgIpc) is 2.42. The summed E-state index contributed by atoms with van der Waals surface area (Å²) in [5, 5.41) is 20.0. The van der Waals surface area contributed by atoms with Gasteiger partial charge in [-0.1, -0.05) is 0 Å². The first-order chi connectivity index (χ1) is 9.92. The Labute approximate surface area is 142 Å². The Morgan fingerprint density at radius 2 is 2.19 bits per heavy atom. The molecule has 0 saturated carbocycles. The average molecular weight is 460 g/mol. The number of rotatable bonds is 3. The van der Waals surface area contributed by atoms with E-state index in [4.69, 9.17) is 10.00 Å². The van der Waals surface area contributed by atoms with E-state index in [2.05, 4.69) is 20.9 Å². The van der Waals surface area contributed by atoms with Gasteiger partial charge < -0.3 is 4.74 Å². The molecular formula is C13H7BrIN3O3. The van der Waals surface area contributed by atoms with E-state index in [1.165, 1.54) is 12.1 Å². The van der Waals surface area contributed by atoms with Crippen molar-refractivity contribution in [2.24, 2.45) is 0 Å². The van der Waals surface area contributed by atoms with Crippen LogP contribution in [0.3, 0.4) is 0 Å². The van der Waals surface area contributed by atoms with Gasteiger partial charge in [0.15, 0.2) is 0 Å². The van der Waals surface area contributed by atoms with Crippen LogP contribution in [0.2, 0.25) is 0 Å². The zero-order valence-corrected chi connectivity index (χ0v) is 14.4. The van der Waals surface area contributed by atoms with E-state index in [-0.39, 0.29) is 22.9 Å². The number of hydrogen-bond acceptors (Lipinski definition) is 5. The summed E-state index contributed by atoms with van der Waals surface area (Å²) < 4.78 is 6.86. The van der Waals surface area contributed by atoms with Crippen molar-refractivity contribution < 1.29 is 9.66 Å². The fourth-order valence-electron chi connectivity index (χ4n) is 1.61. The zero-order valence-electron chi connectivity index (χ0n) is 10.6. The number of pyridine rings is 1. The molecule has 2 aromatic rings. The lowest BCUT2D eigenvalue weighted by atomic mass is 10.2. The minimum Gasteiger partial charge on any atom is -0.430 e. The van der Waals surface area contributed by atoms with Gasteiger partial charge in [-0.3, -0.25) is 10.1 Å². The molecule has 0 fully saturated rings. The number of nitriles is 1. The Morgan fingerprint density at radius 3 is 2.76 bits per heavy atom. The molecule has 0 amide bonds. The van der Waals surface area contributed by atoms with E-state index >= 15 is 0 Å². The third kappa shape index (κ3) is 3.48. The molecule has 0 saturated heterocycles. The maximum atomic E-state index is 11.2. The second kappa shape index (κ2) is 6.36. The van der Waals surface area contributed by atoms with Crippen molar-refractivity contribution in [3.05, 3.63) is 53.7 Å². The Morgan fingerprint density at radius 1 is 1.48 bits per heavy atom. The number of nitro benzene ring substituents is 1. The number of aromatic nitrogens is 1. The molecule has 0 radical (unpaired) electrons. The lowest BCUT2D eigenvalue weighted by Gasteiger charge is -2.10. The Hall–Kier alpha value is -1.73. The molecule has 0 N–H and O–H groups in total. The van der Waals surface area contributed by atoms with Crippen LogP contribution in [0.15, 0.2) is 28.9 Å². The van der Waals surface area contributed by atoms with Crippen molar-refractivity contribution in [3.63, 3.8) is 0 Å². The molecule has 0 aliphatic heterocycles. The first-order valence-corrected chi connectivity index (χ1v) is 7.47. The number of halogens is 2. The van der Waals surface area contributed by atoms with Gasteiger partial charge in [0, 0.05) is 22.3 Å². The smallest absolute Gasteiger partial charge is 0.314 e. The van der Waals surface area contributed by atoms with Gasteiger partial charge in [0.25, 0.3) is 0 Å². The summed E-state index contributed by atoms with van der Waals surface area (Å²) in [4.78, 5) is 14.7. The van der Waals surface area contributed by atoms with Gasteiger partial charge in [-0.15, -0.1) is 0 Å². The number of nitrogens with zero attached hydrogens (tertiary/aromatic N) is 3. The van der Waals surface area contributed by atoms with E-state index in [9.17, 15) is 10.1 Å². The van der Waals surface area contributed by atoms with Crippen molar-refractivity contribution in [2.45, 2.75) is 6.92 Å². The van der Waals surface area contributed by atoms with Crippen LogP contribution in [0.5, 0.6) is 11.6 Å². The predicted molar refractivity (Wildman–Crippen MR) is 87.3 cm³/mol. The van der Waals surface area contributed by atoms with E-state index < -0.39 is 4.92 Å².